The van der Waals surface area contributed by atoms with Gasteiger partial charge in [-0.15, -0.1) is 17.8 Å². The Labute approximate surface area is 109 Å². The van der Waals surface area contributed by atoms with Gasteiger partial charge in [-0.25, -0.2) is 4.79 Å². The number of carbonyl (C=O) groups is 2. The van der Waals surface area contributed by atoms with Crippen molar-refractivity contribution in [3.63, 3.8) is 0 Å². The second-order valence-electron chi connectivity index (χ2n) is 4.30. The third-order valence-electron chi connectivity index (χ3n) is 2.77. The zero-order valence-corrected chi connectivity index (χ0v) is 10.6. The summed E-state index contributed by atoms with van der Waals surface area (Å²) >= 11 is 0.991. The summed E-state index contributed by atoms with van der Waals surface area (Å²) in [6.45, 7) is 0.943. The Bertz CT molecular complexity index is 511. The molecule has 18 heavy (non-hydrogen) atoms. The molecule has 1 aromatic heterocycles. The number of carbonyl (C=O) groups excluding carboxylic acids is 1. The van der Waals surface area contributed by atoms with Gasteiger partial charge in [-0.2, -0.15) is 0 Å². The summed E-state index contributed by atoms with van der Waals surface area (Å²) in [6.07, 6.45) is 7.54. The highest BCUT2D eigenvalue weighted by molar-refractivity contribution is 7.15. The van der Waals surface area contributed by atoms with E-state index in [2.05, 4.69) is 5.92 Å². The number of carboxylic acid groups (broad SMARTS) is 1. The fourth-order valence-corrected chi connectivity index (χ4v) is 2.48. The molecule has 0 spiro atoms. The maximum Gasteiger partial charge on any atom is 0.345 e. The lowest BCUT2D eigenvalue weighted by atomic mass is 10.3. The van der Waals surface area contributed by atoms with Gasteiger partial charge in [0, 0.05) is 6.54 Å². The molecule has 0 bridgehead atoms. The Kier molecular flexibility index (Phi) is 3.68. The molecule has 0 saturated heterocycles. The van der Waals surface area contributed by atoms with Crippen LogP contribution in [0.4, 0.5) is 0 Å². The largest absolute Gasteiger partial charge is 0.477 e. The highest BCUT2D eigenvalue weighted by atomic mass is 32.1. The van der Waals surface area contributed by atoms with Crippen molar-refractivity contribution in [1.82, 2.24) is 4.90 Å². The van der Waals surface area contributed by atoms with Gasteiger partial charge in [0.05, 0.1) is 11.4 Å². The minimum absolute atomic E-state index is 0.169. The van der Waals surface area contributed by atoms with Crippen LogP contribution in [0.2, 0.25) is 0 Å². The molecule has 94 valence electrons. The van der Waals surface area contributed by atoms with Crippen molar-refractivity contribution in [2.45, 2.75) is 12.8 Å². The first-order valence-electron chi connectivity index (χ1n) is 5.67. The lowest BCUT2D eigenvalue weighted by molar-refractivity contribution is 0.0701. The molecule has 2 rings (SSSR count). The highest BCUT2D eigenvalue weighted by Crippen LogP contribution is 2.30. The molecule has 0 radical (unpaired) electrons. The summed E-state index contributed by atoms with van der Waals surface area (Å²) in [6, 6.07) is 3.00. The zero-order chi connectivity index (χ0) is 13.1. The van der Waals surface area contributed by atoms with E-state index in [0.717, 1.165) is 24.2 Å². The maximum atomic E-state index is 12.2. The minimum Gasteiger partial charge on any atom is -0.477 e. The van der Waals surface area contributed by atoms with Crippen LogP contribution in [0.25, 0.3) is 0 Å². The SMILES string of the molecule is C#CCN(CC1CC1)C(=O)c1ccc(C(=O)O)s1. The standard InChI is InChI=1S/C13H13NO3S/c1-2-7-14(8-9-3-4-9)12(15)10-5-6-11(18-10)13(16)17/h1,5-6,9H,3-4,7-8H2,(H,16,17). The first kappa shape index (κ1) is 12.7. The second-order valence-corrected chi connectivity index (χ2v) is 5.39. The van der Waals surface area contributed by atoms with Crippen molar-refractivity contribution >= 4 is 23.2 Å². The van der Waals surface area contributed by atoms with Gasteiger partial charge in [0.1, 0.15) is 4.88 Å². The Morgan fingerprint density at radius 1 is 1.44 bits per heavy atom. The van der Waals surface area contributed by atoms with E-state index in [9.17, 15) is 9.59 Å². The quantitative estimate of drug-likeness (QED) is 0.826. The maximum absolute atomic E-state index is 12.2. The molecule has 1 fully saturated rings. The molecule has 0 aromatic carbocycles. The fraction of sp³-hybridized carbons (Fsp3) is 0.385. The van der Waals surface area contributed by atoms with Crippen molar-refractivity contribution in [2.24, 2.45) is 5.92 Å². The molecular weight excluding hydrogens is 250 g/mol. The van der Waals surface area contributed by atoms with E-state index in [1.807, 2.05) is 0 Å². The normalized spacial score (nSPS) is 13.9. The predicted molar refractivity (Wildman–Crippen MR) is 68.7 cm³/mol. The van der Waals surface area contributed by atoms with Gasteiger partial charge in [0.2, 0.25) is 0 Å². The first-order valence-corrected chi connectivity index (χ1v) is 6.49. The number of aromatic carboxylic acids is 1. The summed E-state index contributed by atoms with van der Waals surface area (Å²) in [7, 11) is 0. The van der Waals surface area contributed by atoms with Crippen LogP contribution in [0.15, 0.2) is 12.1 Å². The first-order chi connectivity index (χ1) is 8.61. The van der Waals surface area contributed by atoms with Gasteiger partial charge < -0.3 is 10.0 Å². The molecule has 1 aromatic rings. The Morgan fingerprint density at radius 3 is 2.61 bits per heavy atom. The van der Waals surface area contributed by atoms with Gasteiger partial charge in [-0.1, -0.05) is 5.92 Å². The molecular formula is C13H13NO3S. The lowest BCUT2D eigenvalue weighted by Crippen LogP contribution is -2.32. The van der Waals surface area contributed by atoms with E-state index >= 15 is 0 Å². The molecule has 1 heterocycles. The predicted octanol–water partition coefficient (Wildman–Crippen LogP) is 1.93. The number of thiophene rings is 1. The molecule has 1 aliphatic carbocycles. The number of hydrogen-bond donors (Lipinski definition) is 1. The summed E-state index contributed by atoms with van der Waals surface area (Å²) < 4.78 is 0. The Hall–Kier alpha value is -1.80. The molecule has 0 unspecified atom stereocenters. The van der Waals surface area contributed by atoms with Crippen LogP contribution in [-0.4, -0.2) is 35.0 Å². The van der Waals surface area contributed by atoms with Crippen LogP contribution in [-0.2, 0) is 0 Å². The van der Waals surface area contributed by atoms with Crippen LogP contribution >= 0.6 is 11.3 Å². The number of nitrogens with zero attached hydrogens (tertiary/aromatic N) is 1. The number of rotatable bonds is 5. The molecule has 1 aliphatic rings. The monoisotopic (exact) mass is 263 g/mol. The molecule has 0 aliphatic heterocycles. The van der Waals surface area contributed by atoms with E-state index in [0.29, 0.717) is 17.3 Å². The van der Waals surface area contributed by atoms with Gasteiger partial charge in [0.15, 0.2) is 0 Å². The highest BCUT2D eigenvalue weighted by Gasteiger charge is 2.27. The zero-order valence-electron chi connectivity index (χ0n) is 9.76. The molecule has 4 nitrogen and oxygen atoms in total. The van der Waals surface area contributed by atoms with Crippen molar-refractivity contribution in [3.8, 4) is 12.3 Å². The van der Waals surface area contributed by atoms with Crippen LogP contribution in [0.3, 0.4) is 0 Å². The molecule has 1 amide bonds. The van der Waals surface area contributed by atoms with Crippen LogP contribution in [0.5, 0.6) is 0 Å². The number of hydrogen-bond acceptors (Lipinski definition) is 3. The number of terminal acetylenes is 1. The summed E-state index contributed by atoms with van der Waals surface area (Å²) in [5.41, 5.74) is 0. The van der Waals surface area contributed by atoms with Crippen molar-refractivity contribution in [3.05, 3.63) is 21.9 Å². The molecule has 5 heteroatoms. The number of amides is 1. The topological polar surface area (TPSA) is 57.6 Å². The fourth-order valence-electron chi connectivity index (χ4n) is 1.67. The van der Waals surface area contributed by atoms with Crippen molar-refractivity contribution in [1.29, 1.82) is 0 Å². The van der Waals surface area contributed by atoms with Gasteiger partial charge in [-0.3, -0.25) is 4.79 Å². The van der Waals surface area contributed by atoms with Crippen LogP contribution < -0.4 is 0 Å². The minimum atomic E-state index is -1.01. The lowest BCUT2D eigenvalue weighted by Gasteiger charge is -2.18. The average Bonchev–Trinajstić information content (AvgIpc) is 3.01. The molecule has 0 atom stereocenters. The average molecular weight is 263 g/mol. The van der Waals surface area contributed by atoms with Gasteiger partial charge in [0.25, 0.3) is 5.91 Å². The van der Waals surface area contributed by atoms with Gasteiger partial charge >= 0.3 is 5.97 Å². The van der Waals surface area contributed by atoms with Crippen LogP contribution in [0.1, 0.15) is 32.2 Å². The molecule has 1 N–H and O–H groups in total. The Morgan fingerprint density at radius 2 is 2.11 bits per heavy atom. The molecule has 1 saturated carbocycles. The van der Waals surface area contributed by atoms with E-state index in [1.54, 1.807) is 11.0 Å². The number of carboxylic acids is 1. The van der Waals surface area contributed by atoms with E-state index in [-0.39, 0.29) is 17.3 Å². The van der Waals surface area contributed by atoms with E-state index in [1.165, 1.54) is 6.07 Å². The van der Waals surface area contributed by atoms with E-state index in [4.69, 9.17) is 11.5 Å². The third kappa shape index (κ3) is 2.90. The Balaban J connectivity index is 2.10. The second kappa shape index (κ2) is 5.23. The van der Waals surface area contributed by atoms with Crippen LogP contribution in [0, 0.1) is 18.3 Å². The summed E-state index contributed by atoms with van der Waals surface area (Å²) in [5, 5.41) is 8.83. The third-order valence-corrected chi connectivity index (χ3v) is 3.83. The van der Waals surface area contributed by atoms with Gasteiger partial charge in [-0.05, 0) is 30.9 Å². The summed E-state index contributed by atoms with van der Waals surface area (Å²) in [4.78, 5) is 25.2. The smallest absolute Gasteiger partial charge is 0.345 e. The van der Waals surface area contributed by atoms with Crippen molar-refractivity contribution < 1.29 is 14.7 Å². The van der Waals surface area contributed by atoms with Crippen molar-refractivity contribution in [2.75, 3.05) is 13.1 Å². The van der Waals surface area contributed by atoms with E-state index < -0.39 is 5.97 Å². The summed E-state index contributed by atoms with van der Waals surface area (Å²) in [5.74, 6) is 1.85.